The van der Waals surface area contributed by atoms with Gasteiger partial charge in [0.1, 0.15) is 23.1 Å². The highest BCUT2D eigenvalue weighted by atomic mass is 16.7. The standard InChI is InChI=1S/C19H14N4O4/c1-25-12-3-4-13-14(7-12)22-18-17(13)20-9-23(19(18)24)21-8-11-2-5-15-16(6-11)27-10-26-15/h2-9,22H,10H2,1H3. The summed E-state index contributed by atoms with van der Waals surface area (Å²) in [7, 11) is 1.60. The number of hydrogen-bond acceptors (Lipinski definition) is 6. The summed E-state index contributed by atoms with van der Waals surface area (Å²) in [6.07, 6.45) is 2.98. The highest BCUT2D eigenvalue weighted by Gasteiger charge is 2.13. The fourth-order valence-electron chi connectivity index (χ4n) is 3.06. The molecule has 0 saturated carbocycles. The van der Waals surface area contributed by atoms with E-state index in [4.69, 9.17) is 14.2 Å². The first-order chi connectivity index (χ1) is 13.2. The van der Waals surface area contributed by atoms with Crippen LogP contribution >= 0.6 is 0 Å². The topological polar surface area (TPSA) is 90.7 Å². The van der Waals surface area contributed by atoms with Crippen molar-refractivity contribution in [1.29, 1.82) is 0 Å². The number of fused-ring (bicyclic) bond motifs is 4. The predicted octanol–water partition coefficient (Wildman–Crippen LogP) is 2.50. The molecular formula is C19H14N4O4. The summed E-state index contributed by atoms with van der Waals surface area (Å²) in [5, 5.41) is 5.09. The lowest BCUT2D eigenvalue weighted by molar-refractivity contribution is 0.174. The SMILES string of the molecule is COc1ccc2c(c1)[nH]c1c(=O)n(N=Cc3ccc4c(c3)OCO4)cnc12. The van der Waals surface area contributed by atoms with Gasteiger partial charge in [-0.05, 0) is 35.9 Å². The van der Waals surface area contributed by atoms with Gasteiger partial charge in [0.2, 0.25) is 6.79 Å². The number of benzene rings is 2. The van der Waals surface area contributed by atoms with E-state index in [-0.39, 0.29) is 12.4 Å². The lowest BCUT2D eigenvalue weighted by Crippen LogP contribution is -2.17. The molecule has 0 aliphatic carbocycles. The van der Waals surface area contributed by atoms with Crippen molar-refractivity contribution < 1.29 is 14.2 Å². The minimum absolute atomic E-state index is 0.209. The Kier molecular flexibility index (Phi) is 3.36. The van der Waals surface area contributed by atoms with Gasteiger partial charge in [0, 0.05) is 11.5 Å². The monoisotopic (exact) mass is 362 g/mol. The lowest BCUT2D eigenvalue weighted by Gasteiger charge is -1.99. The number of hydrogen-bond donors (Lipinski definition) is 1. The van der Waals surface area contributed by atoms with Gasteiger partial charge in [-0.3, -0.25) is 4.79 Å². The van der Waals surface area contributed by atoms with Crippen molar-refractivity contribution in [3.8, 4) is 17.2 Å². The summed E-state index contributed by atoms with van der Waals surface area (Å²) >= 11 is 0. The summed E-state index contributed by atoms with van der Waals surface area (Å²) in [5.41, 5.74) is 2.28. The molecule has 3 heterocycles. The van der Waals surface area contributed by atoms with E-state index in [0.29, 0.717) is 28.3 Å². The van der Waals surface area contributed by atoms with Crippen LogP contribution in [0.15, 0.2) is 52.6 Å². The normalized spacial score (nSPS) is 13.1. The summed E-state index contributed by atoms with van der Waals surface area (Å²) in [4.78, 5) is 20.3. The largest absolute Gasteiger partial charge is 0.497 e. The number of nitrogens with one attached hydrogen (secondary N) is 1. The van der Waals surface area contributed by atoms with E-state index >= 15 is 0 Å². The second-order valence-corrected chi connectivity index (χ2v) is 6.01. The van der Waals surface area contributed by atoms with Crippen molar-refractivity contribution in [1.82, 2.24) is 14.6 Å². The predicted molar refractivity (Wildman–Crippen MR) is 100.0 cm³/mol. The van der Waals surface area contributed by atoms with Crippen LogP contribution in [0.1, 0.15) is 5.56 Å². The molecule has 8 heteroatoms. The number of ether oxygens (including phenoxy) is 3. The van der Waals surface area contributed by atoms with Crippen LogP contribution in [0, 0.1) is 0 Å². The zero-order chi connectivity index (χ0) is 18.4. The van der Waals surface area contributed by atoms with Crippen LogP contribution in [0.4, 0.5) is 0 Å². The highest BCUT2D eigenvalue weighted by molar-refractivity contribution is 6.04. The van der Waals surface area contributed by atoms with Crippen molar-refractivity contribution in [3.05, 3.63) is 58.6 Å². The van der Waals surface area contributed by atoms with Crippen LogP contribution < -0.4 is 19.8 Å². The van der Waals surface area contributed by atoms with Gasteiger partial charge in [-0.1, -0.05) is 0 Å². The number of H-pyrrole nitrogens is 1. The molecule has 0 unspecified atom stereocenters. The highest BCUT2D eigenvalue weighted by Crippen LogP contribution is 2.32. The molecule has 0 amide bonds. The van der Waals surface area contributed by atoms with Crippen LogP contribution in [0.5, 0.6) is 17.2 Å². The molecule has 0 spiro atoms. The number of aromatic amines is 1. The van der Waals surface area contributed by atoms with E-state index in [1.807, 2.05) is 24.3 Å². The Labute approximate surface area is 152 Å². The van der Waals surface area contributed by atoms with Crippen molar-refractivity contribution in [2.45, 2.75) is 0 Å². The molecular weight excluding hydrogens is 348 g/mol. The molecule has 4 aromatic rings. The smallest absolute Gasteiger partial charge is 0.298 e. The van der Waals surface area contributed by atoms with Crippen LogP contribution in [0.3, 0.4) is 0 Å². The fraction of sp³-hybridized carbons (Fsp3) is 0.105. The van der Waals surface area contributed by atoms with Crippen molar-refractivity contribution >= 4 is 28.2 Å². The maximum absolute atomic E-state index is 12.8. The van der Waals surface area contributed by atoms with E-state index in [9.17, 15) is 4.79 Å². The summed E-state index contributed by atoms with van der Waals surface area (Å²) in [5.74, 6) is 2.06. The first-order valence-corrected chi connectivity index (χ1v) is 8.24. The number of rotatable bonds is 3. The zero-order valence-corrected chi connectivity index (χ0v) is 14.3. The molecule has 0 bridgehead atoms. The summed E-state index contributed by atoms with van der Waals surface area (Å²) < 4.78 is 17.0. The lowest BCUT2D eigenvalue weighted by atomic mass is 10.2. The maximum atomic E-state index is 12.8. The molecule has 2 aromatic carbocycles. The van der Waals surface area contributed by atoms with E-state index in [0.717, 1.165) is 16.5 Å². The number of aromatic nitrogens is 3. The van der Waals surface area contributed by atoms with Gasteiger partial charge in [-0.15, -0.1) is 0 Å². The average Bonchev–Trinajstić information content (AvgIpc) is 3.31. The molecule has 0 radical (unpaired) electrons. The average molecular weight is 362 g/mol. The summed E-state index contributed by atoms with van der Waals surface area (Å²) in [6, 6.07) is 11.0. The van der Waals surface area contributed by atoms with Crippen LogP contribution in [-0.4, -0.2) is 34.8 Å². The Balaban J connectivity index is 1.56. The maximum Gasteiger partial charge on any atom is 0.298 e. The molecule has 134 valence electrons. The second kappa shape index (κ2) is 5.87. The minimum Gasteiger partial charge on any atom is -0.497 e. The number of methoxy groups -OCH3 is 1. The third-order valence-electron chi connectivity index (χ3n) is 4.42. The molecule has 2 aromatic heterocycles. The molecule has 5 rings (SSSR count). The Morgan fingerprint density at radius 3 is 3.00 bits per heavy atom. The molecule has 1 N–H and O–H groups in total. The van der Waals surface area contributed by atoms with E-state index in [1.165, 1.54) is 11.0 Å². The molecule has 8 nitrogen and oxygen atoms in total. The van der Waals surface area contributed by atoms with Gasteiger partial charge < -0.3 is 19.2 Å². The number of nitrogens with zero attached hydrogens (tertiary/aromatic N) is 3. The quantitative estimate of drug-likeness (QED) is 0.566. The fourth-order valence-corrected chi connectivity index (χ4v) is 3.06. The Bertz CT molecular complexity index is 1270. The summed E-state index contributed by atoms with van der Waals surface area (Å²) in [6.45, 7) is 0.209. The molecule has 0 atom stereocenters. The van der Waals surface area contributed by atoms with Crippen LogP contribution in [0.2, 0.25) is 0 Å². The van der Waals surface area contributed by atoms with Crippen LogP contribution in [-0.2, 0) is 0 Å². The Hall–Kier alpha value is -3.81. The molecule has 1 aliphatic heterocycles. The van der Waals surface area contributed by atoms with E-state index in [2.05, 4.69) is 15.1 Å². The van der Waals surface area contributed by atoms with Gasteiger partial charge in [-0.2, -0.15) is 9.78 Å². The van der Waals surface area contributed by atoms with E-state index in [1.54, 1.807) is 25.5 Å². The van der Waals surface area contributed by atoms with Gasteiger partial charge in [0.25, 0.3) is 5.56 Å². The van der Waals surface area contributed by atoms with Crippen LogP contribution in [0.25, 0.3) is 21.9 Å². The van der Waals surface area contributed by atoms with E-state index < -0.39 is 0 Å². The molecule has 0 saturated heterocycles. The molecule has 1 aliphatic rings. The van der Waals surface area contributed by atoms with Gasteiger partial charge in [-0.25, -0.2) is 4.98 Å². The zero-order valence-electron chi connectivity index (χ0n) is 14.3. The van der Waals surface area contributed by atoms with Gasteiger partial charge in [0.05, 0.1) is 18.8 Å². The molecule has 27 heavy (non-hydrogen) atoms. The third-order valence-corrected chi connectivity index (χ3v) is 4.42. The molecule has 0 fully saturated rings. The second-order valence-electron chi connectivity index (χ2n) is 6.01. The van der Waals surface area contributed by atoms with Gasteiger partial charge in [0.15, 0.2) is 11.5 Å². The van der Waals surface area contributed by atoms with Gasteiger partial charge >= 0.3 is 0 Å². The van der Waals surface area contributed by atoms with Crippen molar-refractivity contribution in [2.75, 3.05) is 13.9 Å². The van der Waals surface area contributed by atoms with Crippen molar-refractivity contribution in [2.24, 2.45) is 5.10 Å². The Morgan fingerprint density at radius 1 is 1.22 bits per heavy atom. The first-order valence-electron chi connectivity index (χ1n) is 8.24. The Morgan fingerprint density at radius 2 is 2.11 bits per heavy atom. The minimum atomic E-state index is -0.285. The van der Waals surface area contributed by atoms with Crippen molar-refractivity contribution in [3.63, 3.8) is 0 Å². The third kappa shape index (κ3) is 2.50. The first kappa shape index (κ1) is 15.4.